The van der Waals surface area contributed by atoms with Crippen molar-refractivity contribution in [3.8, 4) is 6.07 Å². The monoisotopic (exact) mass is 271 g/mol. The lowest BCUT2D eigenvalue weighted by atomic mass is 9.95. The zero-order valence-electron chi connectivity index (χ0n) is 11.8. The Morgan fingerprint density at radius 3 is 2.85 bits per heavy atom. The van der Waals surface area contributed by atoms with E-state index in [1.54, 1.807) is 0 Å². The second kappa shape index (κ2) is 5.41. The Kier molecular flexibility index (Phi) is 3.62. The number of pyridine rings is 1. The largest absolute Gasteiger partial charge is 0.396 e. The van der Waals surface area contributed by atoms with Gasteiger partial charge in [-0.3, -0.25) is 0 Å². The molecule has 0 bridgehead atoms. The van der Waals surface area contributed by atoms with Gasteiger partial charge in [-0.05, 0) is 62.0 Å². The number of nitrogens with one attached hydrogen (secondary N) is 1. The van der Waals surface area contributed by atoms with E-state index in [1.165, 1.54) is 18.4 Å². The quantitative estimate of drug-likeness (QED) is 0.863. The normalized spacial score (nSPS) is 19.0. The molecule has 0 aromatic carbocycles. The van der Waals surface area contributed by atoms with Crippen molar-refractivity contribution in [2.24, 2.45) is 5.41 Å². The molecule has 0 radical (unpaired) electrons. The third-order valence-corrected chi connectivity index (χ3v) is 4.65. The van der Waals surface area contributed by atoms with E-state index in [0.29, 0.717) is 5.56 Å². The topological polar surface area (TPSA) is 68.9 Å². The van der Waals surface area contributed by atoms with E-state index in [4.69, 9.17) is 5.11 Å². The maximum atomic E-state index is 9.30. The van der Waals surface area contributed by atoms with Gasteiger partial charge in [-0.1, -0.05) is 0 Å². The van der Waals surface area contributed by atoms with E-state index in [2.05, 4.69) is 16.4 Å². The molecule has 2 aliphatic carbocycles. The van der Waals surface area contributed by atoms with Crippen LogP contribution in [0.2, 0.25) is 0 Å². The number of aliphatic hydroxyl groups excluding tert-OH is 1. The fourth-order valence-electron chi connectivity index (χ4n) is 3.05. The third kappa shape index (κ3) is 2.64. The lowest BCUT2D eigenvalue weighted by molar-refractivity contribution is 0.253. The van der Waals surface area contributed by atoms with E-state index in [0.717, 1.165) is 50.2 Å². The van der Waals surface area contributed by atoms with Crippen LogP contribution in [0, 0.1) is 16.7 Å². The Labute approximate surface area is 119 Å². The molecule has 0 saturated heterocycles. The summed E-state index contributed by atoms with van der Waals surface area (Å²) < 4.78 is 0. The molecule has 2 N–H and O–H groups in total. The second-order valence-corrected chi connectivity index (χ2v) is 6.14. The smallest absolute Gasteiger partial charge is 0.144 e. The van der Waals surface area contributed by atoms with Gasteiger partial charge in [-0.2, -0.15) is 5.26 Å². The number of fused-ring (bicyclic) bond motifs is 1. The minimum atomic E-state index is 0.235. The summed E-state index contributed by atoms with van der Waals surface area (Å²) in [4.78, 5) is 4.68. The first-order valence-electron chi connectivity index (χ1n) is 7.54. The zero-order chi connectivity index (χ0) is 14.0. The molecule has 0 spiro atoms. The van der Waals surface area contributed by atoms with Crippen molar-refractivity contribution in [2.45, 2.75) is 44.9 Å². The van der Waals surface area contributed by atoms with Crippen molar-refractivity contribution in [1.29, 1.82) is 5.26 Å². The van der Waals surface area contributed by atoms with Gasteiger partial charge in [-0.25, -0.2) is 4.98 Å². The maximum Gasteiger partial charge on any atom is 0.144 e. The van der Waals surface area contributed by atoms with Gasteiger partial charge in [-0.15, -0.1) is 0 Å². The molecule has 1 heterocycles. The van der Waals surface area contributed by atoms with Gasteiger partial charge >= 0.3 is 0 Å². The molecule has 1 fully saturated rings. The number of hydrogen-bond donors (Lipinski definition) is 2. The molecule has 106 valence electrons. The summed E-state index contributed by atoms with van der Waals surface area (Å²) in [7, 11) is 0. The first kappa shape index (κ1) is 13.4. The highest BCUT2D eigenvalue weighted by molar-refractivity contribution is 5.55. The average molecular weight is 271 g/mol. The lowest BCUT2D eigenvalue weighted by Crippen LogP contribution is -2.19. The predicted octanol–water partition coefficient (Wildman–Crippen LogP) is 2.41. The highest BCUT2D eigenvalue weighted by Gasteiger charge is 2.41. The van der Waals surface area contributed by atoms with Crippen LogP contribution in [0.15, 0.2) is 6.07 Å². The SMILES string of the molecule is N#Cc1cc2c(nc1NCC1(CCO)CC1)CCCC2. The van der Waals surface area contributed by atoms with E-state index >= 15 is 0 Å². The molecule has 3 rings (SSSR count). The Morgan fingerprint density at radius 2 is 2.15 bits per heavy atom. The summed E-state index contributed by atoms with van der Waals surface area (Å²) in [6, 6.07) is 4.27. The molecule has 0 atom stereocenters. The van der Waals surface area contributed by atoms with E-state index < -0.39 is 0 Å². The standard InChI is InChI=1S/C16H21N3O/c17-10-13-9-12-3-1-2-4-14(12)19-15(13)18-11-16(5-6-16)7-8-20/h9,20H,1-8,11H2,(H,18,19). The van der Waals surface area contributed by atoms with Gasteiger partial charge < -0.3 is 10.4 Å². The minimum absolute atomic E-state index is 0.235. The summed E-state index contributed by atoms with van der Waals surface area (Å²) in [6.45, 7) is 1.05. The highest BCUT2D eigenvalue weighted by Crippen LogP contribution is 2.48. The highest BCUT2D eigenvalue weighted by atomic mass is 16.3. The molecule has 4 heteroatoms. The van der Waals surface area contributed by atoms with E-state index in [-0.39, 0.29) is 12.0 Å². The van der Waals surface area contributed by atoms with Crippen molar-refractivity contribution in [3.05, 3.63) is 22.9 Å². The van der Waals surface area contributed by atoms with Gasteiger partial charge in [0.2, 0.25) is 0 Å². The van der Waals surface area contributed by atoms with Crippen LogP contribution in [0.1, 0.15) is 48.9 Å². The first-order chi connectivity index (χ1) is 9.76. The van der Waals surface area contributed by atoms with Crippen LogP contribution in [0.25, 0.3) is 0 Å². The molecule has 0 aliphatic heterocycles. The summed E-state index contributed by atoms with van der Waals surface area (Å²) in [5.74, 6) is 0.734. The van der Waals surface area contributed by atoms with Crippen LogP contribution < -0.4 is 5.32 Å². The van der Waals surface area contributed by atoms with Crippen molar-refractivity contribution in [1.82, 2.24) is 4.98 Å². The number of rotatable bonds is 5. The van der Waals surface area contributed by atoms with Gasteiger partial charge in [0.25, 0.3) is 0 Å². The first-order valence-corrected chi connectivity index (χ1v) is 7.54. The Balaban J connectivity index is 1.77. The number of nitrogens with zero attached hydrogens (tertiary/aromatic N) is 2. The van der Waals surface area contributed by atoms with Crippen LogP contribution in [0.5, 0.6) is 0 Å². The second-order valence-electron chi connectivity index (χ2n) is 6.14. The third-order valence-electron chi connectivity index (χ3n) is 4.65. The zero-order valence-corrected chi connectivity index (χ0v) is 11.8. The van der Waals surface area contributed by atoms with Crippen LogP contribution in [-0.2, 0) is 12.8 Å². The Morgan fingerprint density at radius 1 is 1.35 bits per heavy atom. The lowest BCUT2D eigenvalue weighted by Gasteiger charge is -2.19. The van der Waals surface area contributed by atoms with Crippen molar-refractivity contribution < 1.29 is 5.11 Å². The van der Waals surface area contributed by atoms with E-state index in [1.807, 2.05) is 6.07 Å². The molecule has 20 heavy (non-hydrogen) atoms. The summed E-state index contributed by atoms with van der Waals surface area (Å²) in [6.07, 6.45) is 7.63. The number of aryl methyl sites for hydroxylation is 2. The van der Waals surface area contributed by atoms with Crippen LogP contribution >= 0.6 is 0 Å². The van der Waals surface area contributed by atoms with Gasteiger partial charge in [0.15, 0.2) is 0 Å². The molecule has 1 saturated carbocycles. The molecule has 0 amide bonds. The number of aliphatic hydroxyl groups is 1. The average Bonchev–Trinajstić information content (AvgIpc) is 3.24. The summed E-state index contributed by atoms with van der Waals surface area (Å²) in [5.41, 5.74) is 3.30. The van der Waals surface area contributed by atoms with Crippen LogP contribution in [-0.4, -0.2) is 23.2 Å². The van der Waals surface area contributed by atoms with Crippen molar-refractivity contribution in [2.75, 3.05) is 18.5 Å². The fraction of sp³-hybridized carbons (Fsp3) is 0.625. The molecule has 0 unspecified atom stereocenters. The van der Waals surface area contributed by atoms with Crippen molar-refractivity contribution >= 4 is 5.82 Å². The predicted molar refractivity (Wildman–Crippen MR) is 77.5 cm³/mol. The molecule has 1 aromatic rings. The molecular formula is C16H21N3O. The fourth-order valence-corrected chi connectivity index (χ4v) is 3.05. The number of anilines is 1. The maximum absolute atomic E-state index is 9.30. The Hall–Kier alpha value is -1.60. The number of hydrogen-bond acceptors (Lipinski definition) is 4. The van der Waals surface area contributed by atoms with Gasteiger partial charge in [0.1, 0.15) is 11.9 Å². The minimum Gasteiger partial charge on any atom is -0.396 e. The van der Waals surface area contributed by atoms with Gasteiger partial charge in [0.05, 0.1) is 5.56 Å². The van der Waals surface area contributed by atoms with Crippen LogP contribution in [0.3, 0.4) is 0 Å². The Bertz CT molecular complexity index is 543. The molecule has 1 aromatic heterocycles. The molecule has 2 aliphatic rings. The van der Waals surface area contributed by atoms with Crippen LogP contribution in [0.4, 0.5) is 5.82 Å². The van der Waals surface area contributed by atoms with E-state index in [9.17, 15) is 5.26 Å². The summed E-state index contributed by atoms with van der Waals surface area (Å²) >= 11 is 0. The number of aromatic nitrogens is 1. The van der Waals surface area contributed by atoms with Crippen molar-refractivity contribution in [3.63, 3.8) is 0 Å². The summed E-state index contributed by atoms with van der Waals surface area (Å²) in [5, 5.41) is 21.8. The van der Waals surface area contributed by atoms with Gasteiger partial charge in [0, 0.05) is 18.8 Å². The molecule has 4 nitrogen and oxygen atoms in total. The number of nitriles is 1. The molecular weight excluding hydrogens is 250 g/mol.